The lowest BCUT2D eigenvalue weighted by atomic mass is 10.1. The second-order valence-corrected chi connectivity index (χ2v) is 7.52. The third-order valence-corrected chi connectivity index (χ3v) is 5.33. The third-order valence-electron chi connectivity index (χ3n) is 3.86. The first kappa shape index (κ1) is 18.7. The number of imidazole rings is 1. The summed E-state index contributed by atoms with van der Waals surface area (Å²) in [4.78, 5) is 16.8. The van der Waals surface area contributed by atoms with E-state index < -0.39 is 0 Å². The van der Waals surface area contributed by atoms with E-state index in [0.29, 0.717) is 0 Å². The minimum atomic E-state index is -0.154. The smallest absolute Gasteiger partial charge is 0.250 e. The van der Waals surface area contributed by atoms with Crippen molar-refractivity contribution < 1.29 is 4.79 Å². The predicted molar refractivity (Wildman–Crippen MR) is 111 cm³/mol. The Kier molecular flexibility index (Phi) is 6.11. The number of para-hydroxylation sites is 2. The Balaban J connectivity index is 1.63. The molecular weight excluding hydrogens is 412 g/mol. The van der Waals surface area contributed by atoms with Gasteiger partial charge >= 0.3 is 0 Å². The molecule has 0 spiro atoms. The molecule has 0 saturated carbocycles. The molecule has 1 amide bonds. The van der Waals surface area contributed by atoms with Gasteiger partial charge in [0.15, 0.2) is 5.16 Å². The van der Waals surface area contributed by atoms with E-state index in [4.69, 9.17) is 0 Å². The molecule has 0 fully saturated rings. The number of hydrogen-bond acceptors (Lipinski definition) is 4. The first-order chi connectivity index (χ1) is 12.6. The lowest BCUT2D eigenvalue weighted by Crippen LogP contribution is -2.21. The van der Waals surface area contributed by atoms with Crippen LogP contribution in [0.3, 0.4) is 0 Å². The molecule has 0 atom stereocenters. The van der Waals surface area contributed by atoms with Gasteiger partial charge in [0.2, 0.25) is 0 Å². The number of rotatable bonds is 6. The highest BCUT2D eigenvalue weighted by Crippen LogP contribution is 2.23. The van der Waals surface area contributed by atoms with Gasteiger partial charge < -0.3 is 4.57 Å². The number of aromatic nitrogens is 2. The van der Waals surface area contributed by atoms with Gasteiger partial charge in [-0.1, -0.05) is 52.0 Å². The van der Waals surface area contributed by atoms with Crippen LogP contribution in [0.2, 0.25) is 0 Å². The summed E-state index contributed by atoms with van der Waals surface area (Å²) in [5.74, 6) is 0.109. The SMILES string of the molecule is CCn1c(SCC(=O)N/N=C(/C)c2cccc(Br)c2)nc2ccccc21. The summed E-state index contributed by atoms with van der Waals surface area (Å²) in [5.41, 5.74) is 6.36. The van der Waals surface area contributed by atoms with Gasteiger partial charge in [0, 0.05) is 11.0 Å². The number of carbonyl (C=O) groups is 1. The van der Waals surface area contributed by atoms with Crippen molar-refractivity contribution in [3.8, 4) is 0 Å². The zero-order chi connectivity index (χ0) is 18.5. The van der Waals surface area contributed by atoms with Crippen LogP contribution in [0.1, 0.15) is 19.4 Å². The second kappa shape index (κ2) is 8.51. The molecule has 0 aliphatic rings. The summed E-state index contributed by atoms with van der Waals surface area (Å²) < 4.78 is 3.09. The molecule has 1 aromatic heterocycles. The van der Waals surface area contributed by atoms with Crippen molar-refractivity contribution in [2.75, 3.05) is 5.75 Å². The zero-order valence-corrected chi connectivity index (χ0v) is 17.0. The van der Waals surface area contributed by atoms with Crippen molar-refractivity contribution in [1.29, 1.82) is 0 Å². The fourth-order valence-electron chi connectivity index (χ4n) is 2.56. The number of nitrogens with one attached hydrogen (secondary N) is 1. The third kappa shape index (κ3) is 4.34. The molecule has 134 valence electrons. The molecule has 0 unspecified atom stereocenters. The molecule has 7 heteroatoms. The number of thioether (sulfide) groups is 1. The van der Waals surface area contributed by atoms with Crippen LogP contribution < -0.4 is 5.43 Å². The molecule has 3 aromatic rings. The molecule has 26 heavy (non-hydrogen) atoms. The van der Waals surface area contributed by atoms with Crippen molar-refractivity contribution in [2.45, 2.75) is 25.5 Å². The summed E-state index contributed by atoms with van der Waals surface area (Å²) in [6.45, 7) is 4.75. The van der Waals surface area contributed by atoms with Crippen LogP contribution in [-0.4, -0.2) is 26.9 Å². The van der Waals surface area contributed by atoms with Crippen LogP contribution in [0.5, 0.6) is 0 Å². The van der Waals surface area contributed by atoms with Crippen LogP contribution >= 0.6 is 27.7 Å². The molecule has 2 aromatic carbocycles. The number of hydrogen-bond donors (Lipinski definition) is 1. The number of amides is 1. The fraction of sp³-hybridized carbons (Fsp3) is 0.211. The minimum absolute atomic E-state index is 0.154. The lowest BCUT2D eigenvalue weighted by Gasteiger charge is -2.06. The van der Waals surface area contributed by atoms with Crippen molar-refractivity contribution in [3.63, 3.8) is 0 Å². The van der Waals surface area contributed by atoms with E-state index in [1.54, 1.807) is 0 Å². The predicted octanol–water partition coefficient (Wildman–Crippen LogP) is 4.45. The largest absolute Gasteiger partial charge is 0.319 e. The fourth-order valence-corrected chi connectivity index (χ4v) is 3.83. The van der Waals surface area contributed by atoms with Crippen LogP contribution in [0.25, 0.3) is 11.0 Å². The molecule has 0 aliphatic carbocycles. The van der Waals surface area contributed by atoms with Gasteiger partial charge in [-0.05, 0) is 43.7 Å². The Morgan fingerprint density at radius 3 is 2.85 bits per heavy atom. The number of halogens is 1. The minimum Gasteiger partial charge on any atom is -0.319 e. The van der Waals surface area contributed by atoms with E-state index in [9.17, 15) is 4.79 Å². The Labute approximate surface area is 165 Å². The topological polar surface area (TPSA) is 59.3 Å². The summed E-state index contributed by atoms with van der Waals surface area (Å²) in [6.07, 6.45) is 0. The van der Waals surface area contributed by atoms with E-state index >= 15 is 0 Å². The molecule has 3 rings (SSSR count). The lowest BCUT2D eigenvalue weighted by molar-refractivity contribution is -0.118. The van der Waals surface area contributed by atoms with Crippen molar-refractivity contribution >= 4 is 50.3 Å². The molecule has 0 radical (unpaired) electrons. The highest BCUT2D eigenvalue weighted by atomic mass is 79.9. The van der Waals surface area contributed by atoms with Gasteiger partial charge in [-0.3, -0.25) is 4.79 Å². The summed E-state index contributed by atoms with van der Waals surface area (Å²) >= 11 is 4.85. The van der Waals surface area contributed by atoms with Gasteiger partial charge in [0.25, 0.3) is 5.91 Å². The molecule has 0 saturated heterocycles. The highest BCUT2D eigenvalue weighted by Gasteiger charge is 2.11. The van der Waals surface area contributed by atoms with E-state index in [1.165, 1.54) is 11.8 Å². The standard InChI is InChI=1S/C19H19BrN4OS/c1-3-24-17-10-5-4-9-16(17)21-19(24)26-12-18(25)23-22-13(2)14-7-6-8-15(20)11-14/h4-11H,3,12H2,1-2H3,(H,23,25)/b22-13-. The number of fused-ring (bicyclic) bond motifs is 1. The Morgan fingerprint density at radius 2 is 2.08 bits per heavy atom. The van der Waals surface area contributed by atoms with E-state index in [0.717, 1.165) is 38.5 Å². The van der Waals surface area contributed by atoms with E-state index in [1.807, 2.05) is 55.5 Å². The van der Waals surface area contributed by atoms with Crippen LogP contribution in [0, 0.1) is 0 Å². The first-order valence-corrected chi connectivity index (χ1v) is 10.0. The number of carbonyl (C=O) groups excluding carboxylic acids is 1. The first-order valence-electron chi connectivity index (χ1n) is 8.25. The normalized spacial score (nSPS) is 11.7. The average Bonchev–Trinajstić information content (AvgIpc) is 3.01. The van der Waals surface area contributed by atoms with E-state index in [2.05, 4.69) is 42.9 Å². The maximum absolute atomic E-state index is 12.1. The number of aryl methyl sites for hydroxylation is 1. The monoisotopic (exact) mass is 430 g/mol. The maximum Gasteiger partial charge on any atom is 0.250 e. The van der Waals surface area contributed by atoms with Gasteiger partial charge in [-0.2, -0.15) is 5.10 Å². The molecule has 1 heterocycles. The number of benzene rings is 2. The Hall–Kier alpha value is -2.12. The quantitative estimate of drug-likeness (QED) is 0.356. The summed E-state index contributed by atoms with van der Waals surface area (Å²) in [7, 11) is 0. The van der Waals surface area contributed by atoms with Crippen molar-refractivity contribution in [3.05, 3.63) is 58.6 Å². The van der Waals surface area contributed by atoms with Crippen LogP contribution in [0.4, 0.5) is 0 Å². The van der Waals surface area contributed by atoms with Crippen LogP contribution in [0.15, 0.2) is 63.3 Å². The van der Waals surface area contributed by atoms with Gasteiger partial charge in [-0.15, -0.1) is 0 Å². The molecule has 1 N–H and O–H groups in total. The maximum atomic E-state index is 12.1. The average molecular weight is 431 g/mol. The second-order valence-electron chi connectivity index (χ2n) is 5.66. The summed E-state index contributed by atoms with van der Waals surface area (Å²) in [6, 6.07) is 15.8. The highest BCUT2D eigenvalue weighted by molar-refractivity contribution is 9.10. The van der Waals surface area contributed by atoms with Gasteiger partial charge in [-0.25, -0.2) is 10.4 Å². The molecular formula is C19H19BrN4OS. The molecule has 0 bridgehead atoms. The Bertz CT molecular complexity index is 967. The summed E-state index contributed by atoms with van der Waals surface area (Å²) in [5, 5.41) is 5.03. The zero-order valence-electron chi connectivity index (χ0n) is 14.6. The molecule has 0 aliphatic heterocycles. The van der Waals surface area contributed by atoms with Crippen molar-refractivity contribution in [2.24, 2.45) is 5.10 Å². The van der Waals surface area contributed by atoms with Crippen molar-refractivity contribution in [1.82, 2.24) is 15.0 Å². The number of nitrogens with zero attached hydrogens (tertiary/aromatic N) is 3. The van der Waals surface area contributed by atoms with Gasteiger partial charge in [0.1, 0.15) is 0 Å². The van der Waals surface area contributed by atoms with Crippen LogP contribution in [-0.2, 0) is 11.3 Å². The Morgan fingerprint density at radius 1 is 1.27 bits per heavy atom. The van der Waals surface area contributed by atoms with E-state index in [-0.39, 0.29) is 11.7 Å². The molecule has 5 nitrogen and oxygen atoms in total. The van der Waals surface area contributed by atoms with Gasteiger partial charge in [0.05, 0.1) is 22.5 Å². The number of hydrazone groups is 1.